The van der Waals surface area contributed by atoms with Crippen LogP contribution in [0.5, 0.6) is 0 Å². The normalized spacial score (nSPS) is 15.6. The average molecular weight is 364 g/mol. The third kappa shape index (κ3) is 3.84. The number of sulfonamides is 1. The molecule has 1 fully saturated rings. The summed E-state index contributed by atoms with van der Waals surface area (Å²) in [4.78, 5) is 1.88. The van der Waals surface area contributed by atoms with Crippen molar-refractivity contribution >= 4 is 15.7 Å². The topological polar surface area (TPSA) is 49.9 Å². The number of hydrogen-bond donors (Lipinski definition) is 0. The molecule has 0 unspecified atom stereocenters. The molecule has 1 aliphatic heterocycles. The number of ether oxygens (including phenoxy) is 1. The summed E-state index contributed by atoms with van der Waals surface area (Å²) in [7, 11) is -2.43. The second kappa shape index (κ2) is 7.51. The number of para-hydroxylation sites is 1. The SMILES string of the molecule is CN(Cc1ccccc1N1CCOCC1)S(=O)(=O)c1ccccc1F. The van der Waals surface area contributed by atoms with Gasteiger partial charge in [0.15, 0.2) is 0 Å². The van der Waals surface area contributed by atoms with E-state index in [4.69, 9.17) is 4.74 Å². The fourth-order valence-corrected chi connectivity index (χ4v) is 4.11. The molecule has 3 rings (SSSR count). The third-order valence-electron chi connectivity index (χ3n) is 4.26. The van der Waals surface area contributed by atoms with Crippen molar-refractivity contribution in [3.63, 3.8) is 0 Å². The van der Waals surface area contributed by atoms with Crippen molar-refractivity contribution < 1.29 is 17.5 Å². The van der Waals surface area contributed by atoms with Crippen LogP contribution in [-0.2, 0) is 21.3 Å². The first-order chi connectivity index (χ1) is 12.0. The molecule has 0 atom stereocenters. The standard InChI is InChI=1S/C18H21FN2O3S/c1-20(25(22,23)18-9-5-3-7-16(18)19)14-15-6-2-4-8-17(15)21-10-12-24-13-11-21/h2-9H,10-14H2,1H3. The van der Waals surface area contributed by atoms with Gasteiger partial charge in [-0.05, 0) is 23.8 Å². The zero-order chi connectivity index (χ0) is 17.9. The number of rotatable bonds is 5. The van der Waals surface area contributed by atoms with Gasteiger partial charge < -0.3 is 9.64 Å². The van der Waals surface area contributed by atoms with Crippen molar-refractivity contribution in [3.8, 4) is 0 Å². The molecule has 25 heavy (non-hydrogen) atoms. The number of nitrogens with zero attached hydrogens (tertiary/aromatic N) is 2. The summed E-state index contributed by atoms with van der Waals surface area (Å²) in [6.07, 6.45) is 0. The molecular weight excluding hydrogens is 343 g/mol. The van der Waals surface area contributed by atoms with Crippen LogP contribution in [0.1, 0.15) is 5.56 Å². The summed E-state index contributed by atoms with van der Waals surface area (Å²) in [5.41, 5.74) is 1.87. The second-order valence-corrected chi connectivity index (χ2v) is 7.93. The third-order valence-corrected chi connectivity index (χ3v) is 6.10. The summed E-state index contributed by atoms with van der Waals surface area (Å²) < 4.78 is 45.9. The highest BCUT2D eigenvalue weighted by Crippen LogP contribution is 2.25. The van der Waals surface area contributed by atoms with Gasteiger partial charge in [-0.25, -0.2) is 12.8 Å². The van der Waals surface area contributed by atoms with E-state index >= 15 is 0 Å². The van der Waals surface area contributed by atoms with Gasteiger partial charge in [0.05, 0.1) is 13.2 Å². The summed E-state index contributed by atoms with van der Waals surface area (Å²) in [6, 6.07) is 13.1. The van der Waals surface area contributed by atoms with E-state index in [0.29, 0.717) is 13.2 Å². The first-order valence-electron chi connectivity index (χ1n) is 8.11. The Labute approximate surface area is 147 Å². The highest BCUT2D eigenvalue weighted by Gasteiger charge is 2.25. The van der Waals surface area contributed by atoms with Crippen molar-refractivity contribution in [1.29, 1.82) is 0 Å². The molecule has 0 bridgehead atoms. The van der Waals surface area contributed by atoms with Gasteiger partial charge >= 0.3 is 0 Å². The van der Waals surface area contributed by atoms with Gasteiger partial charge in [-0.2, -0.15) is 4.31 Å². The van der Waals surface area contributed by atoms with Crippen LogP contribution in [0.2, 0.25) is 0 Å². The summed E-state index contributed by atoms with van der Waals surface area (Å²) in [6.45, 7) is 3.00. The Morgan fingerprint density at radius 2 is 1.72 bits per heavy atom. The number of benzene rings is 2. The van der Waals surface area contributed by atoms with Gasteiger partial charge in [0.1, 0.15) is 10.7 Å². The molecule has 7 heteroatoms. The molecule has 2 aromatic rings. The van der Waals surface area contributed by atoms with Crippen molar-refractivity contribution in [2.45, 2.75) is 11.4 Å². The lowest BCUT2D eigenvalue weighted by molar-refractivity contribution is 0.122. The van der Waals surface area contributed by atoms with Gasteiger partial charge in [-0.15, -0.1) is 0 Å². The van der Waals surface area contributed by atoms with Gasteiger partial charge in [-0.3, -0.25) is 0 Å². The molecule has 0 aromatic heterocycles. The predicted octanol–water partition coefficient (Wildman–Crippen LogP) is 2.48. The molecule has 1 heterocycles. The van der Waals surface area contributed by atoms with Crippen LogP contribution < -0.4 is 4.90 Å². The fourth-order valence-electron chi connectivity index (χ4n) is 2.90. The van der Waals surface area contributed by atoms with Crippen molar-refractivity contribution in [3.05, 3.63) is 59.9 Å². The predicted molar refractivity (Wildman–Crippen MR) is 94.5 cm³/mol. The van der Waals surface area contributed by atoms with Gasteiger partial charge in [0.2, 0.25) is 10.0 Å². The molecule has 0 aliphatic carbocycles. The Bertz CT molecular complexity index is 836. The lowest BCUT2D eigenvalue weighted by atomic mass is 10.1. The zero-order valence-corrected chi connectivity index (χ0v) is 14.9. The van der Waals surface area contributed by atoms with Crippen LogP contribution >= 0.6 is 0 Å². The number of morpholine rings is 1. The second-order valence-electron chi connectivity index (χ2n) is 5.92. The Morgan fingerprint density at radius 3 is 2.44 bits per heavy atom. The summed E-state index contributed by atoms with van der Waals surface area (Å²) in [5.74, 6) is -0.740. The quantitative estimate of drug-likeness (QED) is 0.818. The molecule has 0 amide bonds. The average Bonchev–Trinajstić information content (AvgIpc) is 2.63. The molecule has 5 nitrogen and oxygen atoms in total. The minimum Gasteiger partial charge on any atom is -0.378 e. The molecule has 134 valence electrons. The summed E-state index contributed by atoms with van der Waals surface area (Å²) in [5, 5.41) is 0. The highest BCUT2D eigenvalue weighted by atomic mass is 32.2. The Morgan fingerprint density at radius 1 is 1.08 bits per heavy atom. The van der Waals surface area contributed by atoms with Gasteiger partial charge in [0, 0.05) is 32.4 Å². The van der Waals surface area contributed by atoms with E-state index in [0.717, 1.165) is 30.4 Å². The molecule has 0 saturated carbocycles. The van der Waals surface area contributed by atoms with E-state index in [2.05, 4.69) is 4.90 Å². The Hall–Kier alpha value is -1.96. The maximum absolute atomic E-state index is 13.9. The van der Waals surface area contributed by atoms with E-state index in [9.17, 15) is 12.8 Å². The smallest absolute Gasteiger partial charge is 0.246 e. The Balaban J connectivity index is 1.86. The molecule has 1 aliphatic rings. The van der Waals surface area contributed by atoms with Crippen LogP contribution in [0.3, 0.4) is 0 Å². The molecular formula is C18H21FN2O3S. The fraction of sp³-hybridized carbons (Fsp3) is 0.333. The minimum atomic E-state index is -3.90. The first kappa shape index (κ1) is 17.8. The van der Waals surface area contributed by atoms with Crippen LogP contribution in [0.15, 0.2) is 53.4 Å². The van der Waals surface area contributed by atoms with Crippen molar-refractivity contribution in [1.82, 2.24) is 4.31 Å². The number of anilines is 1. The van der Waals surface area contributed by atoms with E-state index in [-0.39, 0.29) is 11.4 Å². The monoisotopic (exact) mass is 364 g/mol. The largest absolute Gasteiger partial charge is 0.378 e. The minimum absolute atomic E-state index is 0.171. The lowest BCUT2D eigenvalue weighted by Crippen LogP contribution is -2.37. The molecule has 2 aromatic carbocycles. The van der Waals surface area contributed by atoms with Crippen molar-refractivity contribution in [2.75, 3.05) is 38.3 Å². The van der Waals surface area contributed by atoms with E-state index in [1.165, 1.54) is 29.6 Å². The summed E-state index contributed by atoms with van der Waals surface area (Å²) >= 11 is 0. The van der Waals surface area contributed by atoms with E-state index in [1.807, 2.05) is 24.3 Å². The number of halogens is 1. The molecule has 0 N–H and O–H groups in total. The zero-order valence-electron chi connectivity index (χ0n) is 14.1. The molecule has 0 spiro atoms. The van der Waals surface area contributed by atoms with Gasteiger partial charge in [-0.1, -0.05) is 30.3 Å². The molecule has 0 radical (unpaired) electrons. The number of hydrogen-bond acceptors (Lipinski definition) is 4. The highest BCUT2D eigenvalue weighted by molar-refractivity contribution is 7.89. The lowest BCUT2D eigenvalue weighted by Gasteiger charge is -2.31. The van der Waals surface area contributed by atoms with Crippen LogP contribution in [0.25, 0.3) is 0 Å². The first-order valence-corrected chi connectivity index (χ1v) is 9.55. The molecule has 1 saturated heterocycles. The maximum Gasteiger partial charge on any atom is 0.246 e. The Kier molecular flexibility index (Phi) is 5.36. The van der Waals surface area contributed by atoms with Crippen LogP contribution in [0.4, 0.5) is 10.1 Å². The van der Waals surface area contributed by atoms with Crippen LogP contribution in [-0.4, -0.2) is 46.1 Å². The maximum atomic E-state index is 13.9. The van der Waals surface area contributed by atoms with E-state index < -0.39 is 15.8 Å². The van der Waals surface area contributed by atoms with E-state index in [1.54, 1.807) is 0 Å². The van der Waals surface area contributed by atoms with Crippen LogP contribution in [0, 0.1) is 5.82 Å². The van der Waals surface area contributed by atoms with Gasteiger partial charge in [0.25, 0.3) is 0 Å². The van der Waals surface area contributed by atoms with Crippen molar-refractivity contribution in [2.24, 2.45) is 0 Å².